The lowest BCUT2D eigenvalue weighted by molar-refractivity contribution is -0.119. The summed E-state index contributed by atoms with van der Waals surface area (Å²) in [7, 11) is -3.66. The van der Waals surface area contributed by atoms with Crippen LogP contribution in [-0.4, -0.2) is 19.3 Å². The van der Waals surface area contributed by atoms with Gasteiger partial charge in [-0.2, -0.15) is 0 Å². The SMILES string of the molecule is CC(=O)NCc1ccc(S(=O)(=O)NC(C)c2sc(-c3ccccc3)nc2C)s1. The molecule has 0 saturated heterocycles. The first-order chi connectivity index (χ1) is 13.3. The third-order valence-electron chi connectivity index (χ3n) is 3.99. The monoisotopic (exact) mass is 435 g/mol. The van der Waals surface area contributed by atoms with Crippen molar-refractivity contribution in [1.29, 1.82) is 0 Å². The number of thiophene rings is 1. The van der Waals surface area contributed by atoms with E-state index in [-0.39, 0.29) is 10.1 Å². The number of hydrogen-bond donors (Lipinski definition) is 2. The Morgan fingerprint density at radius 2 is 1.86 bits per heavy atom. The van der Waals surface area contributed by atoms with E-state index in [4.69, 9.17) is 0 Å². The lowest BCUT2D eigenvalue weighted by Crippen LogP contribution is -2.26. The maximum atomic E-state index is 12.8. The van der Waals surface area contributed by atoms with Crippen molar-refractivity contribution in [2.24, 2.45) is 0 Å². The van der Waals surface area contributed by atoms with Gasteiger partial charge in [0.2, 0.25) is 5.91 Å². The fraction of sp³-hybridized carbons (Fsp3) is 0.263. The number of sulfonamides is 1. The van der Waals surface area contributed by atoms with E-state index in [1.807, 2.05) is 44.2 Å². The van der Waals surface area contributed by atoms with Crippen molar-refractivity contribution in [3.8, 4) is 10.6 Å². The molecule has 0 spiro atoms. The lowest BCUT2D eigenvalue weighted by atomic mass is 10.2. The Balaban J connectivity index is 1.76. The minimum Gasteiger partial charge on any atom is -0.351 e. The van der Waals surface area contributed by atoms with Crippen LogP contribution in [0.15, 0.2) is 46.7 Å². The highest BCUT2D eigenvalue weighted by Gasteiger charge is 2.23. The number of thiazole rings is 1. The maximum absolute atomic E-state index is 12.8. The van der Waals surface area contributed by atoms with Gasteiger partial charge in [0.1, 0.15) is 9.22 Å². The van der Waals surface area contributed by atoms with E-state index in [0.717, 1.165) is 37.4 Å². The molecule has 0 aliphatic heterocycles. The van der Waals surface area contributed by atoms with Gasteiger partial charge in [0.15, 0.2) is 0 Å². The van der Waals surface area contributed by atoms with Crippen LogP contribution in [-0.2, 0) is 21.4 Å². The van der Waals surface area contributed by atoms with Gasteiger partial charge in [-0.05, 0) is 26.0 Å². The number of carbonyl (C=O) groups excluding carboxylic acids is 1. The van der Waals surface area contributed by atoms with Gasteiger partial charge < -0.3 is 5.32 Å². The van der Waals surface area contributed by atoms with Crippen LogP contribution in [0.25, 0.3) is 10.6 Å². The lowest BCUT2D eigenvalue weighted by Gasteiger charge is -2.12. The molecule has 28 heavy (non-hydrogen) atoms. The number of benzene rings is 1. The highest BCUT2D eigenvalue weighted by atomic mass is 32.2. The molecule has 1 unspecified atom stereocenters. The molecule has 2 aromatic heterocycles. The molecule has 9 heteroatoms. The van der Waals surface area contributed by atoms with Crippen molar-refractivity contribution in [3.05, 3.63) is 57.9 Å². The molecule has 1 aromatic carbocycles. The molecule has 3 aromatic rings. The van der Waals surface area contributed by atoms with Crippen molar-refractivity contribution in [3.63, 3.8) is 0 Å². The zero-order valence-corrected chi connectivity index (χ0v) is 18.2. The molecule has 0 fully saturated rings. The molecule has 2 N–H and O–H groups in total. The Bertz CT molecular complexity index is 1070. The first-order valence-electron chi connectivity index (χ1n) is 8.64. The van der Waals surface area contributed by atoms with Crippen LogP contribution >= 0.6 is 22.7 Å². The first-order valence-corrected chi connectivity index (χ1v) is 11.8. The summed E-state index contributed by atoms with van der Waals surface area (Å²) >= 11 is 2.64. The van der Waals surface area contributed by atoms with Crippen LogP contribution in [0.4, 0.5) is 0 Å². The Kier molecular flexibility index (Phi) is 6.29. The Hall–Kier alpha value is -2.07. The number of amides is 1. The molecule has 0 radical (unpaired) electrons. The van der Waals surface area contributed by atoms with Crippen molar-refractivity contribution in [2.75, 3.05) is 0 Å². The summed E-state index contributed by atoms with van der Waals surface area (Å²) in [6, 6.07) is 12.7. The van der Waals surface area contributed by atoms with Gasteiger partial charge >= 0.3 is 0 Å². The number of carbonyl (C=O) groups is 1. The van der Waals surface area contributed by atoms with Gasteiger partial charge in [0.25, 0.3) is 10.0 Å². The molecule has 0 aliphatic carbocycles. The third kappa shape index (κ3) is 4.85. The number of hydrogen-bond acceptors (Lipinski definition) is 6. The minimum atomic E-state index is -3.66. The van der Waals surface area contributed by atoms with Crippen LogP contribution in [0.1, 0.15) is 35.3 Å². The van der Waals surface area contributed by atoms with Crippen LogP contribution in [0.2, 0.25) is 0 Å². The minimum absolute atomic E-state index is 0.153. The standard InChI is InChI=1S/C19H21N3O3S3/c1-12-18(27-19(21-12)15-7-5-4-6-8-15)13(2)22-28(24,25)17-10-9-16(26-17)11-20-14(3)23/h4-10,13,22H,11H2,1-3H3,(H,20,23). The molecule has 0 aliphatic rings. The van der Waals surface area contributed by atoms with Crippen LogP contribution in [0.3, 0.4) is 0 Å². The quantitative estimate of drug-likeness (QED) is 0.590. The number of aromatic nitrogens is 1. The molecule has 0 saturated carbocycles. The average Bonchev–Trinajstić information content (AvgIpc) is 3.27. The third-order valence-corrected chi connectivity index (χ3v) is 8.50. The summed E-state index contributed by atoms with van der Waals surface area (Å²) in [4.78, 5) is 17.3. The molecule has 6 nitrogen and oxygen atoms in total. The van der Waals surface area contributed by atoms with E-state index in [0.29, 0.717) is 6.54 Å². The summed E-state index contributed by atoms with van der Waals surface area (Å²) in [6.45, 7) is 5.45. The second kappa shape index (κ2) is 8.52. The Morgan fingerprint density at radius 3 is 2.54 bits per heavy atom. The van der Waals surface area contributed by atoms with Crippen molar-refractivity contribution in [2.45, 2.75) is 37.6 Å². The molecular weight excluding hydrogens is 414 g/mol. The zero-order valence-electron chi connectivity index (χ0n) is 15.7. The van der Waals surface area contributed by atoms with E-state index in [1.165, 1.54) is 18.3 Å². The predicted octanol–water partition coefficient (Wildman–Crippen LogP) is 3.86. The normalized spacial score (nSPS) is 12.7. The smallest absolute Gasteiger partial charge is 0.250 e. The number of nitrogens with one attached hydrogen (secondary N) is 2. The summed E-state index contributed by atoms with van der Waals surface area (Å²) in [5.74, 6) is -0.153. The Labute approximate surface area is 172 Å². The van der Waals surface area contributed by atoms with E-state index < -0.39 is 16.1 Å². The largest absolute Gasteiger partial charge is 0.351 e. The van der Waals surface area contributed by atoms with Gasteiger partial charge in [-0.15, -0.1) is 22.7 Å². The molecular formula is C19H21N3O3S3. The zero-order chi connectivity index (χ0) is 20.3. The summed E-state index contributed by atoms with van der Waals surface area (Å²) in [5.41, 5.74) is 1.83. The van der Waals surface area contributed by atoms with E-state index in [1.54, 1.807) is 12.1 Å². The predicted molar refractivity (Wildman–Crippen MR) is 113 cm³/mol. The summed E-state index contributed by atoms with van der Waals surface area (Å²) in [5, 5.41) is 3.54. The molecule has 0 bridgehead atoms. The van der Waals surface area contributed by atoms with Crippen molar-refractivity contribution in [1.82, 2.24) is 15.0 Å². The average molecular weight is 436 g/mol. The van der Waals surface area contributed by atoms with Crippen LogP contribution in [0.5, 0.6) is 0 Å². The molecule has 3 rings (SSSR count). The maximum Gasteiger partial charge on any atom is 0.250 e. The molecule has 1 amide bonds. The van der Waals surface area contributed by atoms with Gasteiger partial charge in [-0.3, -0.25) is 4.79 Å². The second-order valence-corrected chi connectivity index (χ2v) is 10.4. The van der Waals surface area contributed by atoms with Gasteiger partial charge in [-0.25, -0.2) is 18.1 Å². The highest BCUT2D eigenvalue weighted by Crippen LogP contribution is 2.32. The molecule has 148 valence electrons. The van der Waals surface area contributed by atoms with E-state index in [9.17, 15) is 13.2 Å². The summed E-state index contributed by atoms with van der Waals surface area (Å²) < 4.78 is 28.5. The van der Waals surface area contributed by atoms with Gasteiger partial charge in [0.05, 0.1) is 18.3 Å². The fourth-order valence-corrected chi connectivity index (χ4v) is 6.34. The topological polar surface area (TPSA) is 88.2 Å². The van der Waals surface area contributed by atoms with Crippen molar-refractivity contribution >= 4 is 38.6 Å². The van der Waals surface area contributed by atoms with Crippen molar-refractivity contribution < 1.29 is 13.2 Å². The second-order valence-electron chi connectivity index (χ2n) is 6.31. The Morgan fingerprint density at radius 1 is 1.14 bits per heavy atom. The van der Waals surface area contributed by atoms with Gasteiger partial charge in [0, 0.05) is 22.2 Å². The van der Waals surface area contributed by atoms with Crippen LogP contribution in [0, 0.1) is 6.92 Å². The number of aryl methyl sites for hydroxylation is 1. The van der Waals surface area contributed by atoms with E-state index >= 15 is 0 Å². The first kappa shape index (κ1) is 20.7. The van der Waals surface area contributed by atoms with Crippen LogP contribution < -0.4 is 10.0 Å². The summed E-state index contributed by atoms with van der Waals surface area (Å²) in [6.07, 6.45) is 0. The van der Waals surface area contributed by atoms with E-state index in [2.05, 4.69) is 15.0 Å². The highest BCUT2D eigenvalue weighted by molar-refractivity contribution is 7.91. The number of rotatable bonds is 7. The molecule has 2 heterocycles. The van der Waals surface area contributed by atoms with Gasteiger partial charge in [-0.1, -0.05) is 30.3 Å². The number of nitrogens with zero attached hydrogens (tertiary/aromatic N) is 1. The fourth-order valence-electron chi connectivity index (χ4n) is 2.67. The molecule has 1 atom stereocenters.